The molecule has 2 heterocycles. The van der Waals surface area contributed by atoms with E-state index in [1.54, 1.807) is 24.0 Å². The second kappa shape index (κ2) is 7.30. The Kier molecular flexibility index (Phi) is 5.14. The maximum Gasteiger partial charge on any atom is 0.227 e. The van der Waals surface area contributed by atoms with Gasteiger partial charge in [-0.1, -0.05) is 12.1 Å². The SMILES string of the molecule is CC(=O)N1CCC[C@H](C(=O)N2CCO[C@H](c3ccc(F)cc3)C2)C1. The number of carbonyl (C=O) groups is 2. The zero-order chi connectivity index (χ0) is 17.1. The molecule has 0 spiro atoms. The number of halogens is 1. The molecule has 2 atom stereocenters. The first-order chi connectivity index (χ1) is 11.5. The predicted octanol–water partition coefficient (Wildman–Crippen LogP) is 1.98. The summed E-state index contributed by atoms with van der Waals surface area (Å²) in [5, 5.41) is 0. The van der Waals surface area contributed by atoms with Crippen LogP contribution in [0.3, 0.4) is 0 Å². The summed E-state index contributed by atoms with van der Waals surface area (Å²) in [4.78, 5) is 28.0. The summed E-state index contributed by atoms with van der Waals surface area (Å²) < 4.78 is 18.8. The van der Waals surface area contributed by atoms with Gasteiger partial charge in [0, 0.05) is 26.6 Å². The fraction of sp³-hybridized carbons (Fsp3) is 0.556. The summed E-state index contributed by atoms with van der Waals surface area (Å²) in [6.45, 7) is 4.30. The largest absolute Gasteiger partial charge is 0.370 e. The van der Waals surface area contributed by atoms with Crippen LogP contribution in [0.4, 0.5) is 4.39 Å². The van der Waals surface area contributed by atoms with Gasteiger partial charge in [0.15, 0.2) is 0 Å². The maximum atomic E-state index is 13.1. The number of benzene rings is 1. The molecule has 130 valence electrons. The Hall–Kier alpha value is -1.95. The van der Waals surface area contributed by atoms with Gasteiger partial charge in [-0.2, -0.15) is 0 Å². The Morgan fingerprint density at radius 2 is 1.88 bits per heavy atom. The Morgan fingerprint density at radius 3 is 2.58 bits per heavy atom. The molecule has 1 aromatic rings. The third kappa shape index (κ3) is 3.75. The molecule has 0 saturated carbocycles. The fourth-order valence-electron chi connectivity index (χ4n) is 3.45. The van der Waals surface area contributed by atoms with Crippen LogP contribution < -0.4 is 0 Å². The number of hydrogen-bond donors (Lipinski definition) is 0. The molecule has 2 saturated heterocycles. The summed E-state index contributed by atoms with van der Waals surface area (Å²) in [6.07, 6.45) is 1.46. The topological polar surface area (TPSA) is 49.9 Å². The number of amides is 2. The molecule has 0 radical (unpaired) electrons. The van der Waals surface area contributed by atoms with E-state index in [1.165, 1.54) is 12.1 Å². The molecule has 2 amide bonds. The van der Waals surface area contributed by atoms with Crippen LogP contribution in [0.2, 0.25) is 0 Å². The highest BCUT2D eigenvalue weighted by atomic mass is 19.1. The number of carbonyl (C=O) groups excluding carboxylic acids is 2. The third-order valence-corrected chi connectivity index (χ3v) is 4.84. The van der Waals surface area contributed by atoms with Crippen molar-refractivity contribution >= 4 is 11.8 Å². The van der Waals surface area contributed by atoms with E-state index in [2.05, 4.69) is 0 Å². The van der Waals surface area contributed by atoms with Crippen molar-refractivity contribution in [3.8, 4) is 0 Å². The molecule has 2 aliphatic rings. The van der Waals surface area contributed by atoms with Gasteiger partial charge in [0.2, 0.25) is 11.8 Å². The molecule has 2 fully saturated rings. The average molecular weight is 334 g/mol. The van der Waals surface area contributed by atoms with E-state index in [0.717, 1.165) is 24.9 Å². The molecule has 5 nitrogen and oxygen atoms in total. The number of hydrogen-bond acceptors (Lipinski definition) is 3. The average Bonchev–Trinajstić information content (AvgIpc) is 2.62. The Bertz CT molecular complexity index is 605. The lowest BCUT2D eigenvalue weighted by Crippen LogP contribution is -2.49. The van der Waals surface area contributed by atoms with Gasteiger partial charge in [0.05, 0.1) is 19.1 Å². The number of likely N-dealkylation sites (tertiary alicyclic amines) is 1. The van der Waals surface area contributed by atoms with Gasteiger partial charge in [0.1, 0.15) is 11.9 Å². The minimum atomic E-state index is -0.283. The van der Waals surface area contributed by atoms with Crippen LogP contribution in [0.25, 0.3) is 0 Å². The molecule has 2 aliphatic heterocycles. The molecule has 0 aliphatic carbocycles. The van der Waals surface area contributed by atoms with Crippen LogP contribution in [-0.2, 0) is 14.3 Å². The second-order valence-corrected chi connectivity index (χ2v) is 6.50. The van der Waals surface area contributed by atoms with Gasteiger partial charge in [0.25, 0.3) is 0 Å². The van der Waals surface area contributed by atoms with Crippen LogP contribution in [0.5, 0.6) is 0 Å². The molecule has 24 heavy (non-hydrogen) atoms. The van der Waals surface area contributed by atoms with Gasteiger partial charge < -0.3 is 14.5 Å². The zero-order valence-electron chi connectivity index (χ0n) is 13.9. The molecule has 6 heteroatoms. The van der Waals surface area contributed by atoms with Crippen molar-refractivity contribution in [2.75, 3.05) is 32.8 Å². The van der Waals surface area contributed by atoms with Crippen LogP contribution >= 0.6 is 0 Å². The van der Waals surface area contributed by atoms with E-state index in [4.69, 9.17) is 4.74 Å². The monoisotopic (exact) mass is 334 g/mol. The van der Waals surface area contributed by atoms with Crippen molar-refractivity contribution in [2.45, 2.75) is 25.9 Å². The Morgan fingerprint density at radius 1 is 1.12 bits per heavy atom. The zero-order valence-corrected chi connectivity index (χ0v) is 13.9. The van der Waals surface area contributed by atoms with Gasteiger partial charge in [-0.3, -0.25) is 9.59 Å². The smallest absolute Gasteiger partial charge is 0.227 e. The lowest BCUT2D eigenvalue weighted by Gasteiger charge is -2.38. The quantitative estimate of drug-likeness (QED) is 0.831. The highest BCUT2D eigenvalue weighted by Crippen LogP contribution is 2.25. The molecule has 0 aromatic heterocycles. The standard InChI is InChI=1S/C18H23FN2O3/c1-13(22)20-8-2-3-15(11-20)18(23)21-9-10-24-17(12-21)14-4-6-16(19)7-5-14/h4-7,15,17H,2-3,8-12H2,1H3/t15-,17-/m0/s1. The number of rotatable bonds is 2. The Balaban J connectivity index is 1.64. The van der Waals surface area contributed by atoms with E-state index < -0.39 is 0 Å². The second-order valence-electron chi connectivity index (χ2n) is 6.50. The van der Waals surface area contributed by atoms with Crippen LogP contribution in [0.1, 0.15) is 31.4 Å². The van der Waals surface area contributed by atoms with Crippen molar-refractivity contribution in [3.63, 3.8) is 0 Å². The van der Waals surface area contributed by atoms with Gasteiger partial charge in [-0.25, -0.2) is 4.39 Å². The van der Waals surface area contributed by atoms with Crippen LogP contribution in [0, 0.1) is 11.7 Å². The first kappa shape index (κ1) is 16.9. The predicted molar refractivity (Wildman–Crippen MR) is 86.7 cm³/mol. The minimum Gasteiger partial charge on any atom is -0.370 e. The van der Waals surface area contributed by atoms with Crippen LogP contribution in [0.15, 0.2) is 24.3 Å². The van der Waals surface area contributed by atoms with E-state index in [0.29, 0.717) is 26.2 Å². The number of nitrogens with zero attached hydrogens (tertiary/aromatic N) is 2. The summed E-state index contributed by atoms with van der Waals surface area (Å²) in [7, 11) is 0. The van der Waals surface area contributed by atoms with Crippen molar-refractivity contribution in [3.05, 3.63) is 35.6 Å². The van der Waals surface area contributed by atoms with E-state index in [9.17, 15) is 14.0 Å². The number of piperidine rings is 1. The van der Waals surface area contributed by atoms with Gasteiger partial charge in [-0.05, 0) is 30.5 Å². The summed E-state index contributed by atoms with van der Waals surface area (Å²) in [5.41, 5.74) is 0.878. The number of ether oxygens (including phenoxy) is 1. The van der Waals surface area contributed by atoms with Gasteiger partial charge in [-0.15, -0.1) is 0 Å². The fourth-order valence-corrected chi connectivity index (χ4v) is 3.45. The summed E-state index contributed by atoms with van der Waals surface area (Å²) >= 11 is 0. The molecule has 0 bridgehead atoms. The molecular weight excluding hydrogens is 311 g/mol. The highest BCUT2D eigenvalue weighted by molar-refractivity contribution is 5.81. The molecule has 3 rings (SSSR count). The number of morpholine rings is 1. The van der Waals surface area contributed by atoms with Crippen LogP contribution in [-0.4, -0.2) is 54.4 Å². The Labute approximate surface area is 141 Å². The van der Waals surface area contributed by atoms with E-state index in [-0.39, 0.29) is 29.7 Å². The third-order valence-electron chi connectivity index (χ3n) is 4.84. The van der Waals surface area contributed by atoms with Crippen molar-refractivity contribution in [2.24, 2.45) is 5.92 Å². The maximum absolute atomic E-state index is 13.1. The lowest BCUT2D eigenvalue weighted by atomic mass is 9.95. The lowest BCUT2D eigenvalue weighted by molar-refractivity contribution is -0.146. The van der Waals surface area contributed by atoms with E-state index >= 15 is 0 Å². The first-order valence-electron chi connectivity index (χ1n) is 8.46. The molecule has 0 unspecified atom stereocenters. The molecule has 0 N–H and O–H groups in total. The van der Waals surface area contributed by atoms with Crippen molar-refractivity contribution in [1.29, 1.82) is 0 Å². The van der Waals surface area contributed by atoms with E-state index in [1.807, 2.05) is 4.90 Å². The molecule has 1 aromatic carbocycles. The van der Waals surface area contributed by atoms with Crippen molar-refractivity contribution in [1.82, 2.24) is 9.80 Å². The first-order valence-corrected chi connectivity index (χ1v) is 8.46. The normalized spacial score (nSPS) is 24.8. The van der Waals surface area contributed by atoms with Gasteiger partial charge >= 0.3 is 0 Å². The summed E-state index contributed by atoms with van der Waals surface area (Å²) in [6, 6.07) is 6.22. The summed E-state index contributed by atoms with van der Waals surface area (Å²) in [5.74, 6) is -0.293. The molecular formula is C18H23FN2O3. The van der Waals surface area contributed by atoms with Crippen molar-refractivity contribution < 1.29 is 18.7 Å². The highest BCUT2D eigenvalue weighted by Gasteiger charge is 2.33. The minimum absolute atomic E-state index is 0.0265.